The molecular formula is C24H15BrN2O2. The minimum Gasteiger partial charge on any atom is -0.457 e. The molecule has 0 aliphatic carbocycles. The molecule has 0 atom stereocenters. The van der Waals surface area contributed by atoms with Crippen LogP contribution in [-0.2, 0) is 11.3 Å². The third-order valence-electron chi connectivity index (χ3n) is 4.57. The van der Waals surface area contributed by atoms with Gasteiger partial charge in [-0.2, -0.15) is 5.26 Å². The molecule has 0 spiro atoms. The smallest absolute Gasteiger partial charge is 0.339 e. The zero-order valence-electron chi connectivity index (χ0n) is 15.3. The molecule has 0 bridgehead atoms. The van der Waals surface area contributed by atoms with Gasteiger partial charge in [-0.15, -0.1) is 0 Å². The fourth-order valence-electron chi connectivity index (χ4n) is 3.09. The lowest BCUT2D eigenvalue weighted by Crippen LogP contribution is -2.08. The van der Waals surface area contributed by atoms with Crippen LogP contribution in [0.4, 0.5) is 0 Å². The predicted molar refractivity (Wildman–Crippen MR) is 115 cm³/mol. The predicted octanol–water partition coefficient (Wildman–Crippen LogP) is 5.89. The molecule has 0 fully saturated rings. The topological polar surface area (TPSA) is 63.0 Å². The van der Waals surface area contributed by atoms with Gasteiger partial charge in [-0.1, -0.05) is 64.5 Å². The van der Waals surface area contributed by atoms with E-state index < -0.39 is 5.97 Å². The molecule has 0 unspecified atom stereocenters. The first-order chi connectivity index (χ1) is 14.2. The van der Waals surface area contributed by atoms with E-state index in [4.69, 9.17) is 9.72 Å². The molecule has 140 valence electrons. The Labute approximate surface area is 176 Å². The van der Waals surface area contributed by atoms with E-state index in [1.54, 1.807) is 24.3 Å². The van der Waals surface area contributed by atoms with Gasteiger partial charge in [-0.3, -0.25) is 0 Å². The quantitative estimate of drug-likeness (QED) is 0.369. The van der Waals surface area contributed by atoms with Gasteiger partial charge in [0.1, 0.15) is 6.61 Å². The second-order valence-corrected chi connectivity index (χ2v) is 7.34. The number of nitriles is 1. The van der Waals surface area contributed by atoms with E-state index in [0.29, 0.717) is 22.4 Å². The van der Waals surface area contributed by atoms with Crippen LogP contribution in [0, 0.1) is 11.3 Å². The van der Waals surface area contributed by atoms with Crippen molar-refractivity contribution in [3.8, 4) is 17.3 Å². The van der Waals surface area contributed by atoms with Gasteiger partial charge < -0.3 is 4.74 Å². The third kappa shape index (κ3) is 4.03. The Balaban J connectivity index is 1.71. The molecule has 1 heterocycles. The van der Waals surface area contributed by atoms with Crippen molar-refractivity contribution in [2.24, 2.45) is 0 Å². The molecular weight excluding hydrogens is 428 g/mol. The summed E-state index contributed by atoms with van der Waals surface area (Å²) in [5.41, 5.74) is 3.94. The maximum absolute atomic E-state index is 12.9. The Hall–Kier alpha value is -3.49. The van der Waals surface area contributed by atoms with E-state index >= 15 is 0 Å². The van der Waals surface area contributed by atoms with Gasteiger partial charge in [0.2, 0.25) is 0 Å². The molecule has 29 heavy (non-hydrogen) atoms. The van der Waals surface area contributed by atoms with Crippen molar-refractivity contribution in [2.75, 3.05) is 0 Å². The molecule has 5 heteroatoms. The van der Waals surface area contributed by atoms with E-state index in [-0.39, 0.29) is 6.61 Å². The minimum atomic E-state index is -0.449. The summed E-state index contributed by atoms with van der Waals surface area (Å²) in [6.45, 7) is 0.0346. The van der Waals surface area contributed by atoms with Crippen molar-refractivity contribution >= 4 is 32.8 Å². The maximum Gasteiger partial charge on any atom is 0.339 e. The molecule has 0 N–H and O–H groups in total. The van der Waals surface area contributed by atoms with Gasteiger partial charge >= 0.3 is 5.97 Å². The van der Waals surface area contributed by atoms with Crippen LogP contribution in [0.3, 0.4) is 0 Å². The Kier molecular flexibility index (Phi) is 5.37. The normalized spacial score (nSPS) is 10.5. The zero-order chi connectivity index (χ0) is 20.2. The lowest BCUT2D eigenvalue weighted by atomic mass is 10.0. The number of nitrogens with zero attached hydrogens (tertiary/aromatic N) is 2. The summed E-state index contributed by atoms with van der Waals surface area (Å²) < 4.78 is 6.52. The SMILES string of the molecule is N#Cc1ccccc1COC(=O)c1cc(-c2ccc(Br)cc2)nc2ccccc12. The molecule has 0 aliphatic heterocycles. The van der Waals surface area contributed by atoms with Crippen LogP contribution in [-0.4, -0.2) is 11.0 Å². The van der Waals surface area contributed by atoms with Crippen LogP contribution in [0.1, 0.15) is 21.5 Å². The molecule has 0 amide bonds. The highest BCUT2D eigenvalue weighted by Gasteiger charge is 2.16. The number of carbonyl (C=O) groups is 1. The number of aromatic nitrogens is 1. The van der Waals surface area contributed by atoms with Crippen LogP contribution in [0.25, 0.3) is 22.2 Å². The highest BCUT2D eigenvalue weighted by atomic mass is 79.9. The molecule has 1 aromatic heterocycles. The summed E-state index contributed by atoms with van der Waals surface area (Å²) in [6, 6.07) is 26.2. The van der Waals surface area contributed by atoms with E-state index in [2.05, 4.69) is 22.0 Å². The van der Waals surface area contributed by atoms with Gasteiger partial charge in [0.05, 0.1) is 28.4 Å². The highest BCUT2D eigenvalue weighted by molar-refractivity contribution is 9.10. The number of benzene rings is 3. The maximum atomic E-state index is 12.9. The molecule has 0 radical (unpaired) electrons. The number of rotatable bonds is 4. The summed E-state index contributed by atoms with van der Waals surface area (Å²) in [5, 5.41) is 9.95. The average Bonchev–Trinajstić information content (AvgIpc) is 2.77. The monoisotopic (exact) mass is 442 g/mol. The largest absolute Gasteiger partial charge is 0.457 e. The van der Waals surface area contributed by atoms with Gasteiger partial charge in [-0.05, 0) is 30.3 Å². The van der Waals surface area contributed by atoms with Gasteiger partial charge in [0, 0.05) is 21.0 Å². The molecule has 4 nitrogen and oxygen atoms in total. The van der Waals surface area contributed by atoms with Crippen LogP contribution in [0.15, 0.2) is 83.3 Å². The summed E-state index contributed by atoms with van der Waals surface area (Å²) in [7, 11) is 0. The fourth-order valence-corrected chi connectivity index (χ4v) is 3.35. The van der Waals surface area contributed by atoms with Gasteiger partial charge in [0.25, 0.3) is 0 Å². The van der Waals surface area contributed by atoms with Crippen molar-refractivity contribution in [1.82, 2.24) is 4.98 Å². The number of fused-ring (bicyclic) bond motifs is 1. The molecule has 4 rings (SSSR count). The Morgan fingerprint density at radius 1 is 1.00 bits per heavy atom. The van der Waals surface area contributed by atoms with Crippen molar-refractivity contribution in [3.63, 3.8) is 0 Å². The number of esters is 1. The Morgan fingerprint density at radius 2 is 1.72 bits per heavy atom. The first kappa shape index (κ1) is 18.9. The Bertz CT molecular complexity index is 1240. The van der Waals surface area contributed by atoms with Crippen LogP contribution in [0.2, 0.25) is 0 Å². The number of para-hydroxylation sites is 1. The Morgan fingerprint density at radius 3 is 2.52 bits per heavy atom. The molecule has 0 saturated carbocycles. The van der Waals surface area contributed by atoms with Crippen LogP contribution < -0.4 is 0 Å². The van der Waals surface area contributed by atoms with E-state index in [9.17, 15) is 10.1 Å². The standard InChI is InChI=1S/C24H15BrN2O2/c25-19-11-9-16(10-12-19)23-13-21(20-7-3-4-8-22(20)27-23)24(28)29-15-18-6-2-1-5-17(18)14-26/h1-13H,15H2. The van der Waals surface area contributed by atoms with E-state index in [1.165, 1.54) is 0 Å². The van der Waals surface area contributed by atoms with Crippen molar-refractivity contribution < 1.29 is 9.53 Å². The average molecular weight is 443 g/mol. The molecule has 3 aromatic carbocycles. The summed E-state index contributed by atoms with van der Waals surface area (Å²) >= 11 is 3.43. The van der Waals surface area contributed by atoms with Crippen molar-refractivity contribution in [1.29, 1.82) is 5.26 Å². The number of hydrogen-bond donors (Lipinski definition) is 0. The highest BCUT2D eigenvalue weighted by Crippen LogP contribution is 2.27. The second-order valence-electron chi connectivity index (χ2n) is 6.42. The number of ether oxygens (including phenoxy) is 1. The van der Waals surface area contributed by atoms with Crippen LogP contribution in [0.5, 0.6) is 0 Å². The van der Waals surface area contributed by atoms with Gasteiger partial charge in [0.15, 0.2) is 0 Å². The number of halogens is 1. The lowest BCUT2D eigenvalue weighted by Gasteiger charge is -2.11. The van der Waals surface area contributed by atoms with E-state index in [0.717, 1.165) is 20.9 Å². The first-order valence-corrected chi connectivity index (χ1v) is 9.76. The molecule has 4 aromatic rings. The van der Waals surface area contributed by atoms with E-state index in [1.807, 2.05) is 54.6 Å². The lowest BCUT2D eigenvalue weighted by molar-refractivity contribution is 0.0475. The summed E-state index contributed by atoms with van der Waals surface area (Å²) in [5.74, 6) is -0.449. The second kappa shape index (κ2) is 8.26. The van der Waals surface area contributed by atoms with Crippen LogP contribution >= 0.6 is 15.9 Å². The fraction of sp³-hybridized carbons (Fsp3) is 0.0417. The number of pyridine rings is 1. The third-order valence-corrected chi connectivity index (χ3v) is 5.10. The number of hydrogen-bond acceptors (Lipinski definition) is 4. The summed E-state index contributed by atoms with van der Waals surface area (Å²) in [6.07, 6.45) is 0. The van der Waals surface area contributed by atoms with Crippen molar-refractivity contribution in [2.45, 2.75) is 6.61 Å². The van der Waals surface area contributed by atoms with Crippen molar-refractivity contribution in [3.05, 3.63) is 100 Å². The molecule has 0 saturated heterocycles. The minimum absolute atomic E-state index is 0.0346. The molecule has 0 aliphatic rings. The van der Waals surface area contributed by atoms with Gasteiger partial charge in [-0.25, -0.2) is 9.78 Å². The zero-order valence-corrected chi connectivity index (χ0v) is 16.9. The summed E-state index contributed by atoms with van der Waals surface area (Å²) in [4.78, 5) is 17.6. The number of carbonyl (C=O) groups excluding carboxylic acids is 1. The first-order valence-electron chi connectivity index (χ1n) is 8.96.